The van der Waals surface area contributed by atoms with E-state index in [9.17, 15) is 13.6 Å². The summed E-state index contributed by atoms with van der Waals surface area (Å²) in [6.07, 6.45) is 7.00. The minimum absolute atomic E-state index is 0.0813. The van der Waals surface area contributed by atoms with Gasteiger partial charge in [-0.3, -0.25) is 9.69 Å². The average Bonchev–Trinajstić information content (AvgIpc) is 3.37. The molecule has 6 rings (SSSR count). The van der Waals surface area contributed by atoms with Gasteiger partial charge in [0.15, 0.2) is 17.1 Å². The third-order valence-corrected chi connectivity index (χ3v) is 8.50. The lowest BCUT2D eigenvalue weighted by Gasteiger charge is -2.40. The highest BCUT2D eigenvalue weighted by atomic mass is 19.2. The zero-order valence-corrected chi connectivity index (χ0v) is 23.3. The molecule has 0 amide bonds. The number of aromatic nitrogens is 3. The minimum Gasteiger partial charge on any atom is -0.481 e. The summed E-state index contributed by atoms with van der Waals surface area (Å²) in [5, 5.41) is 0.222. The summed E-state index contributed by atoms with van der Waals surface area (Å²) >= 11 is 0. The van der Waals surface area contributed by atoms with Crippen LogP contribution in [0.15, 0.2) is 53.6 Å². The number of anilines is 2. The van der Waals surface area contributed by atoms with Gasteiger partial charge in [-0.25, -0.2) is 18.7 Å². The smallest absolute Gasteiger partial charge is 0.213 e. The quantitative estimate of drug-likeness (QED) is 0.346. The number of benzene rings is 1. The topological polar surface area (TPSA) is 89.5 Å². The first-order valence-corrected chi connectivity index (χ1v) is 14.1. The van der Waals surface area contributed by atoms with Gasteiger partial charge in [-0.1, -0.05) is 0 Å². The Morgan fingerprint density at radius 1 is 1.10 bits per heavy atom. The van der Waals surface area contributed by atoms with E-state index in [2.05, 4.69) is 26.7 Å². The van der Waals surface area contributed by atoms with Gasteiger partial charge in [-0.15, -0.1) is 0 Å². The predicted molar refractivity (Wildman–Crippen MR) is 155 cm³/mol. The Bertz CT molecular complexity index is 1640. The molecule has 8 nitrogen and oxygen atoms in total. The van der Waals surface area contributed by atoms with E-state index in [1.807, 2.05) is 28.8 Å². The highest BCUT2D eigenvalue weighted by Gasteiger charge is 2.31. The Kier molecular flexibility index (Phi) is 7.33. The molecule has 214 valence electrons. The normalized spacial score (nSPS) is 18.7. The molecule has 41 heavy (non-hydrogen) atoms. The third kappa shape index (κ3) is 5.24. The van der Waals surface area contributed by atoms with Crippen LogP contribution in [0.25, 0.3) is 10.9 Å². The number of hydrogen-bond donors (Lipinski definition) is 1. The summed E-state index contributed by atoms with van der Waals surface area (Å²) in [7, 11) is 1.59. The van der Waals surface area contributed by atoms with Gasteiger partial charge >= 0.3 is 0 Å². The van der Waals surface area contributed by atoms with Crippen LogP contribution in [0, 0.1) is 11.6 Å². The zero-order chi connectivity index (χ0) is 28.7. The van der Waals surface area contributed by atoms with E-state index >= 15 is 0 Å². The average molecular weight is 561 g/mol. The van der Waals surface area contributed by atoms with Crippen LogP contribution in [0.5, 0.6) is 5.88 Å². The van der Waals surface area contributed by atoms with Gasteiger partial charge in [0.05, 0.1) is 24.5 Å². The van der Waals surface area contributed by atoms with Crippen molar-refractivity contribution >= 4 is 22.4 Å². The summed E-state index contributed by atoms with van der Waals surface area (Å²) in [5.74, 6) is -0.941. The van der Waals surface area contributed by atoms with E-state index in [4.69, 9.17) is 10.5 Å². The van der Waals surface area contributed by atoms with Crippen LogP contribution in [-0.4, -0.2) is 45.7 Å². The number of nitrogens with zero attached hydrogens (tertiary/aromatic N) is 5. The number of piperidine rings is 1. The molecule has 0 spiro atoms. The van der Waals surface area contributed by atoms with Crippen molar-refractivity contribution in [1.29, 1.82) is 0 Å². The third-order valence-electron chi connectivity index (χ3n) is 8.50. The van der Waals surface area contributed by atoms with Gasteiger partial charge in [0.2, 0.25) is 5.88 Å². The molecule has 0 bridgehead atoms. The number of nitrogens with two attached hydrogens (primary N) is 1. The van der Waals surface area contributed by atoms with Crippen molar-refractivity contribution < 1.29 is 13.5 Å². The molecule has 0 radical (unpaired) electrons. The van der Waals surface area contributed by atoms with E-state index in [0.29, 0.717) is 42.3 Å². The Hall–Kier alpha value is -4.05. The molecule has 2 aliphatic heterocycles. The van der Waals surface area contributed by atoms with Gasteiger partial charge in [-0.05, 0) is 62.4 Å². The van der Waals surface area contributed by atoms with Crippen LogP contribution in [0.3, 0.4) is 0 Å². The van der Waals surface area contributed by atoms with Gasteiger partial charge < -0.3 is 19.9 Å². The fourth-order valence-corrected chi connectivity index (χ4v) is 6.40. The maximum atomic E-state index is 14.4. The second-order valence-corrected chi connectivity index (χ2v) is 11.1. The van der Waals surface area contributed by atoms with Gasteiger partial charge in [0, 0.05) is 73.2 Å². The van der Waals surface area contributed by atoms with Crippen molar-refractivity contribution in [2.45, 2.75) is 57.8 Å². The lowest BCUT2D eigenvalue weighted by molar-refractivity contribution is 0.157. The molecule has 5 heterocycles. The fraction of sp³-hybridized carbons (Fsp3) is 0.387. The van der Waals surface area contributed by atoms with E-state index < -0.39 is 11.6 Å². The number of halogens is 2. The molecule has 1 saturated heterocycles. The largest absolute Gasteiger partial charge is 0.481 e. The molecule has 2 aliphatic rings. The SMILES string of the molecule is COc1cc(CN(Cc2c3n(c4cc(F)c(F)cc4c2=O)C(C)CC3)[C@H]2CCCN(c3ccc(N)nc3)C2)ccn1. The molecule has 1 fully saturated rings. The van der Waals surface area contributed by atoms with Crippen molar-refractivity contribution in [2.75, 3.05) is 30.8 Å². The van der Waals surface area contributed by atoms with Gasteiger partial charge in [0.25, 0.3) is 0 Å². The number of ether oxygens (including phenoxy) is 1. The van der Waals surface area contributed by atoms with Gasteiger partial charge in [-0.2, -0.15) is 0 Å². The molecular formula is C31H34F2N6O2. The Morgan fingerprint density at radius 2 is 1.93 bits per heavy atom. The number of nitrogen functional groups attached to an aromatic ring is 1. The first-order valence-electron chi connectivity index (χ1n) is 14.1. The molecule has 3 aromatic heterocycles. The highest BCUT2D eigenvalue weighted by molar-refractivity contribution is 5.81. The van der Waals surface area contributed by atoms with Crippen molar-refractivity contribution in [3.05, 3.63) is 87.5 Å². The van der Waals surface area contributed by atoms with E-state index in [0.717, 1.165) is 55.4 Å². The lowest BCUT2D eigenvalue weighted by Crippen LogP contribution is -2.48. The molecule has 2 atom stereocenters. The first kappa shape index (κ1) is 27.1. The van der Waals surface area contributed by atoms with Crippen LogP contribution in [0.1, 0.15) is 49.0 Å². The molecule has 4 aromatic rings. The van der Waals surface area contributed by atoms with Gasteiger partial charge in [0.1, 0.15) is 5.82 Å². The van der Waals surface area contributed by atoms with Crippen LogP contribution in [0.2, 0.25) is 0 Å². The van der Waals surface area contributed by atoms with Crippen LogP contribution >= 0.6 is 0 Å². The number of hydrogen-bond acceptors (Lipinski definition) is 7. The first-order chi connectivity index (χ1) is 19.8. The monoisotopic (exact) mass is 560 g/mol. The predicted octanol–water partition coefficient (Wildman–Crippen LogP) is 4.84. The maximum absolute atomic E-state index is 14.4. The Morgan fingerprint density at radius 3 is 2.71 bits per heavy atom. The standard InChI is InChI=1S/C31H34F2N6O2/c1-19-5-7-27-24(31(40)23-13-25(32)26(33)14-28(23)39(19)27)18-38(16-20-9-10-35-30(12-20)41-2)22-4-3-11-37(17-22)21-6-8-29(34)36-15-21/h6,8-10,12-15,19,22H,3-5,7,11,16-18H2,1-2H3,(H2,34,36)/t19?,22-/m0/s1. The van der Waals surface area contributed by atoms with Crippen LogP contribution in [0.4, 0.5) is 20.3 Å². The summed E-state index contributed by atoms with van der Waals surface area (Å²) in [5.41, 5.74) is 9.64. The Balaban J connectivity index is 1.41. The lowest BCUT2D eigenvalue weighted by atomic mass is 10.00. The van der Waals surface area contributed by atoms with Crippen LogP contribution < -0.4 is 20.8 Å². The number of fused-ring (bicyclic) bond motifs is 3. The fourth-order valence-electron chi connectivity index (χ4n) is 6.40. The van der Waals surface area contributed by atoms with Crippen LogP contribution in [-0.2, 0) is 19.5 Å². The molecular weight excluding hydrogens is 526 g/mol. The highest BCUT2D eigenvalue weighted by Crippen LogP contribution is 2.33. The zero-order valence-electron chi connectivity index (χ0n) is 23.3. The van der Waals surface area contributed by atoms with Crippen molar-refractivity contribution in [3.63, 3.8) is 0 Å². The minimum atomic E-state index is -1.01. The molecule has 0 saturated carbocycles. The second-order valence-electron chi connectivity index (χ2n) is 11.1. The van der Waals surface area contributed by atoms with E-state index in [1.165, 1.54) is 6.07 Å². The van der Waals surface area contributed by atoms with Crippen molar-refractivity contribution in [3.8, 4) is 5.88 Å². The summed E-state index contributed by atoms with van der Waals surface area (Å²) in [6, 6.07) is 10.1. The Labute approximate surface area is 237 Å². The molecule has 0 aliphatic carbocycles. The summed E-state index contributed by atoms with van der Waals surface area (Å²) in [6.45, 7) is 4.67. The molecule has 10 heteroatoms. The number of pyridine rings is 3. The number of methoxy groups -OCH3 is 1. The van der Waals surface area contributed by atoms with E-state index in [1.54, 1.807) is 19.5 Å². The summed E-state index contributed by atoms with van der Waals surface area (Å²) < 4.78 is 36.1. The number of rotatable bonds is 7. The second kappa shape index (κ2) is 11.1. The van der Waals surface area contributed by atoms with E-state index in [-0.39, 0.29) is 22.9 Å². The molecule has 2 N–H and O–H groups in total. The molecule has 1 aromatic carbocycles. The maximum Gasteiger partial charge on any atom is 0.213 e. The summed E-state index contributed by atoms with van der Waals surface area (Å²) in [4.78, 5) is 27.1. The molecule has 1 unspecified atom stereocenters. The van der Waals surface area contributed by atoms with Crippen molar-refractivity contribution in [1.82, 2.24) is 19.4 Å². The van der Waals surface area contributed by atoms with Crippen molar-refractivity contribution in [2.24, 2.45) is 0 Å².